The molecule has 0 unspecified atom stereocenters. The van der Waals surface area contributed by atoms with Crippen LogP contribution in [0.1, 0.15) is 11.6 Å². The van der Waals surface area contributed by atoms with Crippen LogP contribution >= 0.6 is 39.9 Å². The molecule has 0 spiro atoms. The third-order valence-corrected chi connectivity index (χ3v) is 2.75. The maximum Gasteiger partial charge on any atom is 0.407 e. The van der Waals surface area contributed by atoms with Crippen LogP contribution in [0.2, 0.25) is 5.02 Å². The fraction of sp³-hybridized carbons (Fsp3) is 0.250. The zero-order valence-electron chi connectivity index (χ0n) is 7.55. The highest BCUT2D eigenvalue weighted by Crippen LogP contribution is 2.42. The molecule has 0 radical (unpaired) electrons. The smallest absolute Gasteiger partial charge is 0.407 e. The summed E-state index contributed by atoms with van der Waals surface area (Å²) < 4.78 is 37.1. The molecule has 3 N–H and O–H groups in total. The lowest BCUT2D eigenvalue weighted by Gasteiger charge is -2.18. The number of hydrogen-bond acceptors (Lipinski definition) is 2. The third-order valence-electron chi connectivity index (χ3n) is 1.78. The fourth-order valence-corrected chi connectivity index (χ4v) is 1.63. The quantitative estimate of drug-likeness (QED) is 0.817. The van der Waals surface area contributed by atoms with E-state index in [1.54, 1.807) is 0 Å². The zero-order chi connectivity index (χ0) is 11.8. The molecule has 0 aliphatic rings. The average Bonchev–Trinajstić information content (AvgIpc) is 2.10. The van der Waals surface area contributed by atoms with E-state index in [9.17, 15) is 18.3 Å². The van der Waals surface area contributed by atoms with Gasteiger partial charge in [0.05, 0.1) is 4.47 Å². The molecular weight excluding hydrogens is 334 g/mol. The Kier molecular flexibility index (Phi) is 5.38. The lowest BCUT2D eigenvalue weighted by atomic mass is 10.1. The van der Waals surface area contributed by atoms with Gasteiger partial charge in [-0.1, -0.05) is 11.6 Å². The molecule has 0 aliphatic carbocycles. The summed E-state index contributed by atoms with van der Waals surface area (Å²) in [7, 11) is 0. The largest absolute Gasteiger partial charge is 0.506 e. The predicted molar refractivity (Wildman–Crippen MR) is 61.0 cm³/mol. The Morgan fingerprint density at radius 2 is 1.88 bits per heavy atom. The van der Waals surface area contributed by atoms with Crippen LogP contribution in [0, 0.1) is 0 Å². The molecule has 1 atom stereocenters. The van der Waals surface area contributed by atoms with Crippen molar-refractivity contribution in [3.05, 3.63) is 27.2 Å². The Bertz CT molecular complexity index is 386. The third kappa shape index (κ3) is 3.16. The van der Waals surface area contributed by atoms with Crippen LogP contribution in [0.5, 0.6) is 5.75 Å². The van der Waals surface area contributed by atoms with Crippen molar-refractivity contribution in [3.8, 4) is 5.75 Å². The van der Waals surface area contributed by atoms with Gasteiger partial charge in [-0.05, 0) is 28.1 Å². The SMILES string of the molecule is Cl.N[C@@H](c1c(Cl)ccc(Br)c1O)C(F)(F)F. The number of phenolic OH excluding ortho intramolecular Hbond substituents is 1. The van der Waals surface area contributed by atoms with Crippen LogP contribution in [-0.2, 0) is 0 Å². The molecule has 92 valence electrons. The van der Waals surface area contributed by atoms with E-state index in [-0.39, 0.29) is 21.9 Å². The molecule has 1 aromatic rings. The molecule has 0 fully saturated rings. The number of phenols is 1. The number of halogens is 6. The highest BCUT2D eigenvalue weighted by Gasteiger charge is 2.40. The molecule has 1 rings (SSSR count). The Hall–Kier alpha value is -0.170. The van der Waals surface area contributed by atoms with Gasteiger partial charge in [0.2, 0.25) is 0 Å². The van der Waals surface area contributed by atoms with E-state index in [1.807, 2.05) is 0 Å². The van der Waals surface area contributed by atoms with Crippen LogP contribution in [0.3, 0.4) is 0 Å². The Morgan fingerprint density at radius 3 is 2.31 bits per heavy atom. The molecule has 8 heteroatoms. The molecule has 0 saturated heterocycles. The van der Waals surface area contributed by atoms with Crippen molar-refractivity contribution in [1.82, 2.24) is 0 Å². The summed E-state index contributed by atoms with van der Waals surface area (Å²) in [6.45, 7) is 0. The number of aromatic hydroxyl groups is 1. The summed E-state index contributed by atoms with van der Waals surface area (Å²) in [5, 5.41) is 9.18. The summed E-state index contributed by atoms with van der Waals surface area (Å²) in [6.07, 6.45) is -4.65. The predicted octanol–water partition coefficient (Wildman–Crippen LogP) is 3.79. The van der Waals surface area contributed by atoms with Crippen molar-refractivity contribution >= 4 is 39.9 Å². The van der Waals surface area contributed by atoms with Crippen molar-refractivity contribution in [2.24, 2.45) is 5.73 Å². The summed E-state index contributed by atoms with van der Waals surface area (Å²) in [6, 6.07) is 0.263. The van der Waals surface area contributed by atoms with E-state index in [2.05, 4.69) is 15.9 Å². The lowest BCUT2D eigenvalue weighted by Crippen LogP contribution is -2.28. The second-order valence-corrected chi connectivity index (χ2v) is 4.07. The number of rotatable bonds is 1. The maximum atomic E-state index is 12.3. The number of nitrogens with two attached hydrogens (primary N) is 1. The van der Waals surface area contributed by atoms with Crippen LogP contribution in [-0.4, -0.2) is 11.3 Å². The standard InChI is InChI=1S/C8H6BrClF3NO.ClH/c9-3-1-2-4(10)5(6(3)15)7(14)8(11,12)13;/h1-2,7,15H,14H2;1H/t7-;/m0./s1. The van der Waals surface area contributed by atoms with Gasteiger partial charge in [0.1, 0.15) is 11.8 Å². The monoisotopic (exact) mass is 339 g/mol. The highest BCUT2D eigenvalue weighted by atomic mass is 79.9. The molecule has 0 aliphatic heterocycles. The number of alkyl halides is 3. The molecule has 2 nitrogen and oxygen atoms in total. The molecule has 0 aromatic heterocycles. The van der Waals surface area contributed by atoms with Gasteiger partial charge in [0.25, 0.3) is 0 Å². The van der Waals surface area contributed by atoms with Crippen LogP contribution in [0.25, 0.3) is 0 Å². The molecule has 0 saturated carbocycles. The first-order valence-electron chi connectivity index (χ1n) is 3.74. The van der Waals surface area contributed by atoms with Gasteiger partial charge >= 0.3 is 6.18 Å². The van der Waals surface area contributed by atoms with Crippen molar-refractivity contribution in [2.45, 2.75) is 12.2 Å². The van der Waals surface area contributed by atoms with Gasteiger partial charge in [0, 0.05) is 10.6 Å². The van der Waals surface area contributed by atoms with Crippen molar-refractivity contribution in [3.63, 3.8) is 0 Å². The van der Waals surface area contributed by atoms with Crippen molar-refractivity contribution in [2.75, 3.05) is 0 Å². The molecule has 1 aromatic carbocycles. The summed E-state index contributed by atoms with van der Waals surface area (Å²) in [5.41, 5.74) is 4.42. The Balaban J connectivity index is 0.00000225. The topological polar surface area (TPSA) is 46.2 Å². The summed E-state index contributed by atoms with van der Waals surface area (Å²) >= 11 is 8.43. The van der Waals surface area contributed by atoms with E-state index in [0.717, 1.165) is 0 Å². The van der Waals surface area contributed by atoms with E-state index in [1.165, 1.54) is 12.1 Å². The van der Waals surface area contributed by atoms with Crippen molar-refractivity contribution < 1.29 is 18.3 Å². The van der Waals surface area contributed by atoms with Crippen LogP contribution < -0.4 is 5.73 Å². The van der Waals surface area contributed by atoms with E-state index >= 15 is 0 Å². The summed E-state index contributed by atoms with van der Waals surface area (Å²) in [5.74, 6) is -0.590. The minimum absolute atomic E-state index is 0. The molecule has 0 heterocycles. The van der Waals surface area contributed by atoms with Gasteiger partial charge in [0.15, 0.2) is 0 Å². The second kappa shape index (κ2) is 5.44. The lowest BCUT2D eigenvalue weighted by molar-refractivity contribution is -0.149. The Morgan fingerprint density at radius 1 is 1.38 bits per heavy atom. The van der Waals surface area contributed by atoms with Crippen LogP contribution in [0.4, 0.5) is 13.2 Å². The minimum Gasteiger partial charge on any atom is -0.506 e. The van der Waals surface area contributed by atoms with E-state index in [0.29, 0.717) is 0 Å². The Labute approximate surface area is 109 Å². The zero-order valence-corrected chi connectivity index (χ0v) is 10.7. The van der Waals surface area contributed by atoms with Crippen molar-refractivity contribution in [1.29, 1.82) is 0 Å². The average molecular weight is 341 g/mol. The molecular formula is C8H7BrCl2F3NO. The van der Waals surface area contributed by atoms with Gasteiger partial charge in [-0.15, -0.1) is 12.4 Å². The van der Waals surface area contributed by atoms with Gasteiger partial charge in [-0.2, -0.15) is 13.2 Å². The fourth-order valence-electron chi connectivity index (χ4n) is 1.02. The van der Waals surface area contributed by atoms with Gasteiger partial charge in [-0.25, -0.2) is 0 Å². The minimum atomic E-state index is -4.65. The second-order valence-electron chi connectivity index (χ2n) is 2.81. The first-order chi connectivity index (χ1) is 6.75. The van der Waals surface area contributed by atoms with Gasteiger partial charge in [-0.3, -0.25) is 0 Å². The number of hydrogen-bond donors (Lipinski definition) is 2. The summed E-state index contributed by atoms with van der Waals surface area (Å²) in [4.78, 5) is 0. The highest BCUT2D eigenvalue weighted by molar-refractivity contribution is 9.10. The first kappa shape index (κ1) is 15.8. The van der Waals surface area contributed by atoms with Crippen LogP contribution in [0.15, 0.2) is 16.6 Å². The first-order valence-corrected chi connectivity index (χ1v) is 4.91. The maximum absolute atomic E-state index is 12.3. The van der Waals surface area contributed by atoms with Gasteiger partial charge < -0.3 is 10.8 Å². The molecule has 0 amide bonds. The molecule has 16 heavy (non-hydrogen) atoms. The molecule has 0 bridgehead atoms. The number of benzene rings is 1. The van der Waals surface area contributed by atoms with E-state index in [4.69, 9.17) is 17.3 Å². The van der Waals surface area contributed by atoms with E-state index < -0.39 is 23.5 Å². The normalized spacial score (nSPS) is 13.1.